The summed E-state index contributed by atoms with van der Waals surface area (Å²) in [7, 11) is 2.40. The van der Waals surface area contributed by atoms with E-state index in [4.69, 9.17) is 16.3 Å². The van der Waals surface area contributed by atoms with Crippen LogP contribution in [-0.2, 0) is 4.74 Å². The second kappa shape index (κ2) is 4.75. The van der Waals surface area contributed by atoms with Gasteiger partial charge in [0, 0.05) is 6.07 Å². The molecule has 0 aliphatic rings. The summed E-state index contributed by atoms with van der Waals surface area (Å²) in [4.78, 5) is 24.7. The lowest BCUT2D eigenvalue weighted by Gasteiger charge is -2.05. The smallest absolute Gasteiger partial charge is 0.343 e. The SMILES string of the molecule is COC(=O)c1cc([N+](=O)[O-])c(Cl)nc1OC. The van der Waals surface area contributed by atoms with E-state index in [1.54, 1.807) is 0 Å². The minimum Gasteiger partial charge on any atom is -0.480 e. The van der Waals surface area contributed by atoms with E-state index < -0.39 is 16.6 Å². The van der Waals surface area contributed by atoms with Crippen LogP contribution in [0.2, 0.25) is 5.15 Å². The highest BCUT2D eigenvalue weighted by Gasteiger charge is 2.23. The third-order valence-corrected chi connectivity index (χ3v) is 2.00. The lowest BCUT2D eigenvalue weighted by atomic mass is 10.2. The van der Waals surface area contributed by atoms with Gasteiger partial charge in [-0.2, -0.15) is 4.98 Å². The number of carbonyl (C=O) groups is 1. The standard InChI is InChI=1S/C8H7ClN2O5/c1-15-7-4(8(12)16-2)3-5(11(13)14)6(9)10-7/h3H,1-2H3. The lowest BCUT2D eigenvalue weighted by Crippen LogP contribution is -2.07. The Morgan fingerprint density at radius 3 is 2.62 bits per heavy atom. The lowest BCUT2D eigenvalue weighted by molar-refractivity contribution is -0.385. The van der Waals surface area contributed by atoms with Crippen molar-refractivity contribution in [2.24, 2.45) is 0 Å². The van der Waals surface area contributed by atoms with Crippen molar-refractivity contribution in [1.29, 1.82) is 0 Å². The Morgan fingerprint density at radius 1 is 1.56 bits per heavy atom. The number of hydrogen-bond acceptors (Lipinski definition) is 6. The van der Waals surface area contributed by atoms with E-state index in [0.717, 1.165) is 13.2 Å². The molecular formula is C8H7ClN2O5. The van der Waals surface area contributed by atoms with Crippen LogP contribution in [0.15, 0.2) is 6.07 Å². The van der Waals surface area contributed by atoms with E-state index in [9.17, 15) is 14.9 Å². The molecule has 0 aromatic carbocycles. The van der Waals surface area contributed by atoms with Crippen LogP contribution >= 0.6 is 11.6 Å². The van der Waals surface area contributed by atoms with E-state index in [1.807, 2.05) is 0 Å². The first-order valence-electron chi connectivity index (χ1n) is 3.98. The van der Waals surface area contributed by atoms with Crippen molar-refractivity contribution < 1.29 is 19.2 Å². The second-order valence-electron chi connectivity index (χ2n) is 2.60. The summed E-state index contributed by atoms with van der Waals surface area (Å²) in [6, 6.07) is 0.958. The molecular weight excluding hydrogens is 240 g/mol. The molecule has 0 radical (unpaired) electrons. The van der Waals surface area contributed by atoms with Crippen molar-refractivity contribution in [3.63, 3.8) is 0 Å². The third kappa shape index (κ3) is 2.19. The number of nitrogens with zero attached hydrogens (tertiary/aromatic N) is 2. The number of nitro groups is 1. The Hall–Kier alpha value is -1.89. The molecule has 0 amide bonds. The zero-order valence-electron chi connectivity index (χ0n) is 8.39. The fourth-order valence-electron chi connectivity index (χ4n) is 1.00. The van der Waals surface area contributed by atoms with Gasteiger partial charge in [-0.25, -0.2) is 4.79 Å². The van der Waals surface area contributed by atoms with E-state index in [0.29, 0.717) is 0 Å². The summed E-state index contributed by atoms with van der Waals surface area (Å²) < 4.78 is 9.19. The van der Waals surface area contributed by atoms with Gasteiger partial charge in [0.15, 0.2) is 0 Å². The molecule has 0 atom stereocenters. The molecule has 0 fully saturated rings. The van der Waals surface area contributed by atoms with Crippen molar-refractivity contribution in [3.8, 4) is 5.88 Å². The first kappa shape index (κ1) is 12.2. The van der Waals surface area contributed by atoms with Crippen LogP contribution < -0.4 is 4.74 Å². The molecule has 0 saturated heterocycles. The molecule has 7 nitrogen and oxygen atoms in total. The van der Waals surface area contributed by atoms with Gasteiger partial charge >= 0.3 is 11.7 Å². The summed E-state index contributed by atoms with van der Waals surface area (Å²) in [5, 5.41) is 10.2. The van der Waals surface area contributed by atoms with Crippen LogP contribution in [0.3, 0.4) is 0 Å². The van der Waals surface area contributed by atoms with Crippen LogP contribution in [0.4, 0.5) is 5.69 Å². The maximum absolute atomic E-state index is 11.3. The molecule has 0 saturated carbocycles. The fourth-order valence-corrected chi connectivity index (χ4v) is 1.20. The molecule has 0 aliphatic heterocycles. The van der Waals surface area contributed by atoms with Crippen LogP contribution in [0.5, 0.6) is 5.88 Å². The molecule has 1 aromatic heterocycles. The first-order valence-corrected chi connectivity index (χ1v) is 4.36. The topological polar surface area (TPSA) is 91.6 Å². The number of hydrogen-bond donors (Lipinski definition) is 0. The van der Waals surface area contributed by atoms with Gasteiger partial charge in [-0.15, -0.1) is 0 Å². The zero-order chi connectivity index (χ0) is 12.3. The number of esters is 1. The maximum atomic E-state index is 11.3. The van der Waals surface area contributed by atoms with Crippen molar-refractivity contribution in [2.75, 3.05) is 14.2 Å². The van der Waals surface area contributed by atoms with Gasteiger partial charge in [-0.3, -0.25) is 10.1 Å². The monoisotopic (exact) mass is 246 g/mol. The quantitative estimate of drug-likeness (QED) is 0.347. The second-order valence-corrected chi connectivity index (χ2v) is 2.96. The van der Waals surface area contributed by atoms with Crippen molar-refractivity contribution in [3.05, 3.63) is 26.9 Å². The highest BCUT2D eigenvalue weighted by Crippen LogP contribution is 2.28. The minimum absolute atomic E-state index is 0.123. The number of rotatable bonds is 3. The summed E-state index contributed by atoms with van der Waals surface area (Å²) in [6.07, 6.45) is 0. The third-order valence-electron chi connectivity index (χ3n) is 1.72. The Balaban J connectivity index is 3.40. The number of aromatic nitrogens is 1. The van der Waals surface area contributed by atoms with Gasteiger partial charge in [0.25, 0.3) is 0 Å². The van der Waals surface area contributed by atoms with Gasteiger partial charge in [0.2, 0.25) is 11.0 Å². The summed E-state index contributed by atoms with van der Waals surface area (Å²) >= 11 is 5.54. The summed E-state index contributed by atoms with van der Waals surface area (Å²) in [6.45, 7) is 0. The molecule has 1 heterocycles. The number of methoxy groups -OCH3 is 2. The molecule has 1 rings (SSSR count). The van der Waals surface area contributed by atoms with E-state index >= 15 is 0 Å². The Labute approximate surface area is 95.1 Å². The Bertz CT molecular complexity index is 448. The van der Waals surface area contributed by atoms with E-state index in [1.165, 1.54) is 7.11 Å². The summed E-state index contributed by atoms with van der Waals surface area (Å²) in [5.74, 6) is -0.911. The van der Waals surface area contributed by atoms with Gasteiger partial charge in [-0.1, -0.05) is 11.6 Å². The zero-order valence-corrected chi connectivity index (χ0v) is 9.15. The molecule has 0 N–H and O–H groups in total. The Kier molecular flexibility index (Phi) is 3.62. The van der Waals surface area contributed by atoms with Crippen molar-refractivity contribution in [2.45, 2.75) is 0 Å². The van der Waals surface area contributed by atoms with Crippen LogP contribution in [0.1, 0.15) is 10.4 Å². The molecule has 1 aromatic rings. The maximum Gasteiger partial charge on any atom is 0.343 e. The average Bonchev–Trinajstić information content (AvgIpc) is 2.27. The van der Waals surface area contributed by atoms with Crippen molar-refractivity contribution >= 4 is 23.3 Å². The highest BCUT2D eigenvalue weighted by molar-refractivity contribution is 6.31. The van der Waals surface area contributed by atoms with E-state index in [2.05, 4.69) is 9.72 Å². The predicted molar refractivity (Wildman–Crippen MR) is 53.8 cm³/mol. The molecule has 8 heteroatoms. The molecule has 0 unspecified atom stereocenters. The molecule has 0 aliphatic carbocycles. The largest absolute Gasteiger partial charge is 0.480 e. The average molecular weight is 247 g/mol. The number of carbonyl (C=O) groups excluding carboxylic acids is 1. The number of ether oxygens (including phenoxy) is 2. The van der Waals surface area contributed by atoms with Gasteiger partial charge in [-0.05, 0) is 0 Å². The van der Waals surface area contributed by atoms with Gasteiger partial charge in [0.05, 0.1) is 19.1 Å². The predicted octanol–water partition coefficient (Wildman–Crippen LogP) is 1.44. The van der Waals surface area contributed by atoms with Gasteiger partial charge < -0.3 is 9.47 Å². The van der Waals surface area contributed by atoms with Crippen LogP contribution in [0.25, 0.3) is 0 Å². The fraction of sp³-hybridized carbons (Fsp3) is 0.250. The number of pyridine rings is 1. The molecule has 16 heavy (non-hydrogen) atoms. The molecule has 86 valence electrons. The van der Waals surface area contributed by atoms with Crippen LogP contribution in [0, 0.1) is 10.1 Å². The van der Waals surface area contributed by atoms with Crippen LogP contribution in [-0.4, -0.2) is 30.1 Å². The molecule has 0 bridgehead atoms. The van der Waals surface area contributed by atoms with Crippen molar-refractivity contribution in [1.82, 2.24) is 4.98 Å². The normalized spacial score (nSPS) is 9.69. The number of halogens is 1. The van der Waals surface area contributed by atoms with E-state index in [-0.39, 0.29) is 16.6 Å². The van der Waals surface area contributed by atoms with Gasteiger partial charge in [0.1, 0.15) is 5.56 Å². The molecule has 0 spiro atoms. The first-order chi connectivity index (χ1) is 7.51. The highest BCUT2D eigenvalue weighted by atomic mass is 35.5. The summed E-state index contributed by atoms with van der Waals surface area (Å²) in [5.41, 5.74) is -0.635. The Morgan fingerprint density at radius 2 is 2.19 bits per heavy atom. The minimum atomic E-state index is -0.788.